The molecule has 0 spiro atoms. The zero-order valence-corrected chi connectivity index (χ0v) is 14.5. The van der Waals surface area contributed by atoms with E-state index in [1.54, 1.807) is 50.2 Å². The zero-order chi connectivity index (χ0) is 19.1. The lowest BCUT2D eigenvalue weighted by molar-refractivity contribution is -0.139. The van der Waals surface area contributed by atoms with E-state index in [2.05, 4.69) is 5.32 Å². The average molecular weight is 361 g/mol. The summed E-state index contributed by atoms with van der Waals surface area (Å²) in [5, 5.41) is 11.5. The van der Waals surface area contributed by atoms with E-state index >= 15 is 0 Å². The maximum atomic E-state index is 12.5. The molecule has 0 aliphatic rings. The molecule has 2 aromatic carbocycles. The molecule has 0 heterocycles. The van der Waals surface area contributed by atoms with Crippen LogP contribution in [0.4, 0.5) is 10.1 Å². The molecule has 1 amide bonds. The Hall–Kier alpha value is -3.09. The van der Waals surface area contributed by atoms with Crippen molar-refractivity contribution >= 4 is 17.6 Å². The van der Waals surface area contributed by atoms with Gasteiger partial charge in [0.2, 0.25) is 0 Å². The molecule has 0 aliphatic heterocycles. The lowest BCUT2D eigenvalue weighted by Gasteiger charge is -2.13. The molecule has 138 valence electrons. The Bertz CT molecular complexity index is 783. The SMILES string of the molecule is Cc1cc(C(=O)Nc2cccc(OCCF)c2)cc(C)c1OCC(=O)O. The van der Waals surface area contributed by atoms with Crippen molar-refractivity contribution in [2.75, 3.05) is 25.2 Å². The number of aryl methyl sites for hydroxylation is 2. The highest BCUT2D eigenvalue weighted by molar-refractivity contribution is 6.04. The van der Waals surface area contributed by atoms with Crippen molar-refractivity contribution in [1.82, 2.24) is 0 Å². The second-order valence-electron chi connectivity index (χ2n) is 5.64. The fourth-order valence-corrected chi connectivity index (χ4v) is 2.47. The quantitative estimate of drug-likeness (QED) is 0.753. The van der Waals surface area contributed by atoms with Gasteiger partial charge in [-0.3, -0.25) is 4.79 Å². The molecule has 0 radical (unpaired) electrons. The average Bonchev–Trinajstić information content (AvgIpc) is 2.59. The second kappa shape index (κ2) is 8.84. The maximum absolute atomic E-state index is 12.5. The number of carboxylic acid groups (broad SMARTS) is 1. The number of rotatable bonds is 8. The van der Waals surface area contributed by atoms with Gasteiger partial charge in [-0.2, -0.15) is 0 Å². The van der Waals surface area contributed by atoms with Crippen LogP contribution in [0.2, 0.25) is 0 Å². The Labute approximate surface area is 150 Å². The van der Waals surface area contributed by atoms with Crippen molar-refractivity contribution in [3.05, 3.63) is 53.1 Å². The lowest BCUT2D eigenvalue weighted by atomic mass is 10.0. The number of benzene rings is 2. The van der Waals surface area contributed by atoms with Crippen LogP contribution in [0.25, 0.3) is 0 Å². The summed E-state index contributed by atoms with van der Waals surface area (Å²) < 4.78 is 22.6. The smallest absolute Gasteiger partial charge is 0.341 e. The van der Waals surface area contributed by atoms with Gasteiger partial charge in [0.15, 0.2) is 6.61 Å². The number of carbonyl (C=O) groups is 2. The molecule has 0 aromatic heterocycles. The van der Waals surface area contributed by atoms with Crippen molar-refractivity contribution in [3.63, 3.8) is 0 Å². The minimum Gasteiger partial charge on any atom is -0.491 e. The molecule has 0 aliphatic carbocycles. The monoisotopic (exact) mass is 361 g/mol. The number of carboxylic acids is 1. The van der Waals surface area contributed by atoms with Gasteiger partial charge in [0.1, 0.15) is 24.8 Å². The largest absolute Gasteiger partial charge is 0.491 e. The van der Waals surface area contributed by atoms with E-state index < -0.39 is 19.3 Å². The minimum atomic E-state index is -1.07. The normalized spacial score (nSPS) is 10.3. The highest BCUT2D eigenvalue weighted by Gasteiger charge is 2.13. The molecule has 26 heavy (non-hydrogen) atoms. The van der Waals surface area contributed by atoms with Crippen LogP contribution in [0.1, 0.15) is 21.5 Å². The first kappa shape index (κ1) is 19.2. The highest BCUT2D eigenvalue weighted by atomic mass is 19.1. The first-order valence-corrected chi connectivity index (χ1v) is 7.96. The summed E-state index contributed by atoms with van der Waals surface area (Å²) in [6.07, 6.45) is 0. The van der Waals surface area contributed by atoms with Crippen LogP contribution < -0.4 is 14.8 Å². The molecule has 6 nitrogen and oxygen atoms in total. The van der Waals surface area contributed by atoms with Gasteiger partial charge < -0.3 is 19.9 Å². The van der Waals surface area contributed by atoms with Gasteiger partial charge in [-0.05, 0) is 49.2 Å². The Morgan fingerprint density at radius 1 is 1.12 bits per heavy atom. The van der Waals surface area contributed by atoms with E-state index in [-0.39, 0.29) is 12.5 Å². The molecule has 0 unspecified atom stereocenters. The summed E-state index contributed by atoms with van der Waals surface area (Å²) in [7, 11) is 0. The summed E-state index contributed by atoms with van der Waals surface area (Å²) in [6.45, 7) is 2.40. The highest BCUT2D eigenvalue weighted by Crippen LogP contribution is 2.26. The van der Waals surface area contributed by atoms with Gasteiger partial charge in [0.05, 0.1) is 0 Å². The number of nitrogens with one attached hydrogen (secondary N) is 1. The van der Waals surface area contributed by atoms with Crippen molar-refractivity contribution in [3.8, 4) is 11.5 Å². The number of halogens is 1. The molecular formula is C19H20FNO5. The molecule has 2 rings (SSSR count). The Morgan fingerprint density at radius 3 is 2.42 bits per heavy atom. The molecule has 0 saturated heterocycles. The zero-order valence-electron chi connectivity index (χ0n) is 14.5. The van der Waals surface area contributed by atoms with Crippen LogP contribution >= 0.6 is 0 Å². The van der Waals surface area contributed by atoms with Gasteiger partial charge in [0.25, 0.3) is 5.91 Å². The van der Waals surface area contributed by atoms with Crippen LogP contribution in [0.5, 0.6) is 11.5 Å². The summed E-state index contributed by atoms with van der Waals surface area (Å²) in [4.78, 5) is 23.1. The van der Waals surface area contributed by atoms with Gasteiger partial charge in [-0.15, -0.1) is 0 Å². The van der Waals surface area contributed by atoms with Gasteiger partial charge >= 0.3 is 5.97 Å². The number of carbonyl (C=O) groups excluding carboxylic acids is 1. The molecule has 0 bridgehead atoms. The van der Waals surface area contributed by atoms with Crippen molar-refractivity contribution in [2.45, 2.75) is 13.8 Å². The van der Waals surface area contributed by atoms with E-state index in [0.29, 0.717) is 33.9 Å². The standard InChI is InChI=1S/C19H20FNO5/c1-12-8-14(9-13(2)18(12)26-11-17(22)23)19(24)21-15-4-3-5-16(10-15)25-7-6-20/h3-5,8-10H,6-7,11H2,1-2H3,(H,21,24)(H,22,23). The van der Waals surface area contributed by atoms with Crippen molar-refractivity contribution in [1.29, 1.82) is 0 Å². The Balaban J connectivity index is 2.13. The number of alkyl halides is 1. The number of amides is 1. The first-order valence-electron chi connectivity index (χ1n) is 7.96. The van der Waals surface area contributed by atoms with E-state index in [0.717, 1.165) is 0 Å². The van der Waals surface area contributed by atoms with Gasteiger partial charge in [0, 0.05) is 17.3 Å². The van der Waals surface area contributed by atoms with Crippen molar-refractivity contribution < 1.29 is 28.6 Å². The third kappa shape index (κ3) is 5.20. The number of aliphatic carboxylic acids is 1. The molecule has 0 atom stereocenters. The lowest BCUT2D eigenvalue weighted by Crippen LogP contribution is -2.14. The first-order chi connectivity index (χ1) is 12.4. The van der Waals surface area contributed by atoms with E-state index in [1.165, 1.54) is 0 Å². The van der Waals surface area contributed by atoms with E-state index in [9.17, 15) is 14.0 Å². The Morgan fingerprint density at radius 2 is 1.81 bits per heavy atom. The third-order valence-electron chi connectivity index (χ3n) is 3.50. The molecule has 2 aromatic rings. The second-order valence-corrected chi connectivity index (χ2v) is 5.64. The van der Waals surface area contributed by atoms with E-state index in [4.69, 9.17) is 14.6 Å². The van der Waals surface area contributed by atoms with Crippen molar-refractivity contribution in [2.24, 2.45) is 0 Å². The van der Waals surface area contributed by atoms with Crippen LogP contribution in [0, 0.1) is 13.8 Å². The Kier molecular flexibility index (Phi) is 6.54. The minimum absolute atomic E-state index is 0.0480. The third-order valence-corrected chi connectivity index (χ3v) is 3.50. The summed E-state index contributed by atoms with van der Waals surface area (Å²) in [5.74, 6) is -0.486. The van der Waals surface area contributed by atoms with Gasteiger partial charge in [-0.1, -0.05) is 6.07 Å². The van der Waals surface area contributed by atoms with Crippen LogP contribution in [-0.4, -0.2) is 36.9 Å². The fraction of sp³-hybridized carbons (Fsp3) is 0.263. The number of anilines is 1. The molecule has 0 fully saturated rings. The summed E-state index contributed by atoms with van der Waals surface area (Å²) in [5.41, 5.74) is 2.26. The molecular weight excluding hydrogens is 341 g/mol. The van der Waals surface area contributed by atoms with Gasteiger partial charge in [-0.25, -0.2) is 9.18 Å². The van der Waals surface area contributed by atoms with Crippen LogP contribution in [-0.2, 0) is 4.79 Å². The number of hydrogen-bond donors (Lipinski definition) is 2. The fourth-order valence-electron chi connectivity index (χ4n) is 2.47. The number of hydrogen-bond acceptors (Lipinski definition) is 4. The maximum Gasteiger partial charge on any atom is 0.341 e. The van der Waals surface area contributed by atoms with Crippen LogP contribution in [0.3, 0.4) is 0 Å². The van der Waals surface area contributed by atoms with Crippen LogP contribution in [0.15, 0.2) is 36.4 Å². The summed E-state index contributed by atoms with van der Waals surface area (Å²) in [6, 6.07) is 9.94. The summed E-state index contributed by atoms with van der Waals surface area (Å²) >= 11 is 0. The van der Waals surface area contributed by atoms with E-state index in [1.807, 2.05) is 0 Å². The molecule has 2 N–H and O–H groups in total. The number of ether oxygens (including phenoxy) is 2. The topological polar surface area (TPSA) is 84.9 Å². The molecule has 7 heteroatoms. The predicted molar refractivity (Wildman–Crippen MR) is 94.9 cm³/mol. The predicted octanol–water partition coefficient (Wildman–Crippen LogP) is 3.37. The molecule has 0 saturated carbocycles.